The van der Waals surface area contributed by atoms with Crippen molar-refractivity contribution in [2.75, 3.05) is 24.2 Å². The standard InChI is InChI=1S/C11H13NO5S/c13-11(14)3-6-18(15,16)8-1-2-10-9(7-8)12-4-5-17-10/h1-2,7,12H,3-6H2,(H,13,14). The highest BCUT2D eigenvalue weighted by Gasteiger charge is 2.19. The fourth-order valence-electron chi connectivity index (χ4n) is 1.65. The predicted octanol–water partition coefficient (Wildman–Crippen LogP) is 0.739. The molecule has 0 atom stereocenters. The van der Waals surface area contributed by atoms with Crippen molar-refractivity contribution in [3.63, 3.8) is 0 Å². The van der Waals surface area contributed by atoms with Crippen LogP contribution >= 0.6 is 0 Å². The van der Waals surface area contributed by atoms with Crippen molar-refractivity contribution in [1.29, 1.82) is 0 Å². The highest BCUT2D eigenvalue weighted by Crippen LogP contribution is 2.30. The normalized spacial score (nSPS) is 14.2. The Kier molecular flexibility index (Phi) is 3.42. The van der Waals surface area contributed by atoms with Crippen LogP contribution in [-0.2, 0) is 14.6 Å². The predicted molar refractivity (Wildman–Crippen MR) is 64.7 cm³/mol. The van der Waals surface area contributed by atoms with E-state index in [1.807, 2.05) is 0 Å². The number of benzene rings is 1. The van der Waals surface area contributed by atoms with Crippen molar-refractivity contribution in [3.8, 4) is 5.75 Å². The zero-order valence-corrected chi connectivity index (χ0v) is 10.4. The van der Waals surface area contributed by atoms with Gasteiger partial charge < -0.3 is 15.2 Å². The van der Waals surface area contributed by atoms with Gasteiger partial charge in [0.25, 0.3) is 0 Å². The molecule has 0 saturated heterocycles. The van der Waals surface area contributed by atoms with Crippen molar-refractivity contribution >= 4 is 21.5 Å². The van der Waals surface area contributed by atoms with E-state index in [0.29, 0.717) is 24.6 Å². The summed E-state index contributed by atoms with van der Waals surface area (Å²) in [6.07, 6.45) is -0.399. The third kappa shape index (κ3) is 2.73. The molecule has 98 valence electrons. The van der Waals surface area contributed by atoms with Crippen LogP contribution in [-0.4, -0.2) is 38.4 Å². The number of hydrogen-bond donors (Lipinski definition) is 2. The molecule has 6 nitrogen and oxygen atoms in total. The van der Waals surface area contributed by atoms with Gasteiger partial charge in [-0.1, -0.05) is 0 Å². The molecule has 0 saturated carbocycles. The molecule has 0 fully saturated rings. The van der Waals surface area contributed by atoms with Crippen molar-refractivity contribution in [1.82, 2.24) is 0 Å². The Labute approximate surface area is 104 Å². The molecule has 1 aliphatic heterocycles. The van der Waals surface area contributed by atoms with Crippen LogP contribution in [0.15, 0.2) is 23.1 Å². The first-order valence-corrected chi connectivity index (χ1v) is 7.09. The van der Waals surface area contributed by atoms with Gasteiger partial charge in [0.1, 0.15) is 12.4 Å². The second-order valence-corrected chi connectivity index (χ2v) is 6.00. The summed E-state index contributed by atoms with van der Waals surface area (Å²) in [6.45, 7) is 1.16. The lowest BCUT2D eigenvalue weighted by atomic mass is 10.2. The van der Waals surface area contributed by atoms with Gasteiger partial charge in [-0.15, -0.1) is 0 Å². The highest BCUT2D eigenvalue weighted by molar-refractivity contribution is 7.91. The Balaban J connectivity index is 2.25. The van der Waals surface area contributed by atoms with Gasteiger partial charge in [-0.25, -0.2) is 8.42 Å². The molecule has 0 bridgehead atoms. The van der Waals surface area contributed by atoms with E-state index in [4.69, 9.17) is 9.84 Å². The minimum atomic E-state index is -3.57. The molecule has 1 heterocycles. The Morgan fingerprint density at radius 2 is 2.22 bits per heavy atom. The van der Waals surface area contributed by atoms with Gasteiger partial charge in [0.15, 0.2) is 9.84 Å². The van der Waals surface area contributed by atoms with Gasteiger partial charge in [0.05, 0.1) is 22.8 Å². The number of sulfone groups is 1. The molecule has 1 aliphatic rings. The van der Waals surface area contributed by atoms with E-state index < -0.39 is 28.0 Å². The Morgan fingerprint density at radius 1 is 1.44 bits per heavy atom. The number of carboxylic acids is 1. The molecule has 2 rings (SSSR count). The first-order valence-electron chi connectivity index (χ1n) is 5.44. The zero-order valence-electron chi connectivity index (χ0n) is 9.55. The lowest BCUT2D eigenvalue weighted by Gasteiger charge is -2.19. The van der Waals surface area contributed by atoms with Gasteiger partial charge in [-0.05, 0) is 18.2 Å². The summed E-state index contributed by atoms with van der Waals surface area (Å²) in [5.74, 6) is -0.918. The number of rotatable bonds is 4. The number of fused-ring (bicyclic) bond motifs is 1. The SMILES string of the molecule is O=C(O)CCS(=O)(=O)c1ccc2c(c1)NCCO2. The van der Waals surface area contributed by atoms with Gasteiger partial charge >= 0.3 is 5.97 Å². The van der Waals surface area contributed by atoms with Crippen molar-refractivity contribution in [2.45, 2.75) is 11.3 Å². The summed E-state index contributed by atoms with van der Waals surface area (Å²) in [5, 5.41) is 11.6. The maximum Gasteiger partial charge on any atom is 0.304 e. The Morgan fingerprint density at radius 3 is 2.94 bits per heavy atom. The fourth-order valence-corrected chi connectivity index (χ4v) is 2.90. The molecule has 18 heavy (non-hydrogen) atoms. The van der Waals surface area contributed by atoms with Crippen LogP contribution in [0, 0.1) is 0 Å². The molecular formula is C11H13NO5S. The zero-order chi connectivity index (χ0) is 13.2. The lowest BCUT2D eigenvalue weighted by molar-refractivity contribution is -0.136. The number of hydrogen-bond acceptors (Lipinski definition) is 5. The summed E-state index contributed by atoms with van der Waals surface area (Å²) in [7, 11) is -3.57. The molecule has 0 aromatic heterocycles. The number of nitrogens with one attached hydrogen (secondary N) is 1. The van der Waals surface area contributed by atoms with Gasteiger partial charge in [-0.2, -0.15) is 0 Å². The van der Waals surface area contributed by atoms with E-state index in [1.54, 1.807) is 6.07 Å². The molecular weight excluding hydrogens is 258 g/mol. The number of carboxylic acid groups (broad SMARTS) is 1. The Hall–Kier alpha value is -1.76. The monoisotopic (exact) mass is 271 g/mol. The molecule has 0 unspecified atom stereocenters. The van der Waals surface area contributed by atoms with Crippen molar-refractivity contribution in [2.24, 2.45) is 0 Å². The molecule has 1 aromatic rings. The van der Waals surface area contributed by atoms with E-state index in [1.165, 1.54) is 12.1 Å². The van der Waals surface area contributed by atoms with E-state index in [0.717, 1.165) is 0 Å². The largest absolute Gasteiger partial charge is 0.490 e. The quantitative estimate of drug-likeness (QED) is 0.839. The summed E-state index contributed by atoms with van der Waals surface area (Å²) in [6, 6.07) is 4.49. The second-order valence-electron chi connectivity index (χ2n) is 3.90. The average Bonchev–Trinajstić information content (AvgIpc) is 2.36. The number of aliphatic carboxylic acids is 1. The summed E-state index contributed by atoms with van der Waals surface area (Å²) >= 11 is 0. The second kappa shape index (κ2) is 4.85. The first kappa shape index (κ1) is 12.7. The van der Waals surface area contributed by atoms with Crippen LogP contribution in [0.3, 0.4) is 0 Å². The maximum atomic E-state index is 11.9. The van der Waals surface area contributed by atoms with Crippen LogP contribution < -0.4 is 10.1 Å². The van der Waals surface area contributed by atoms with E-state index in [9.17, 15) is 13.2 Å². The number of ether oxygens (including phenoxy) is 1. The molecule has 1 aromatic carbocycles. The summed E-state index contributed by atoms with van der Waals surface area (Å²) in [5.41, 5.74) is 0.623. The Bertz CT molecular complexity index is 567. The lowest BCUT2D eigenvalue weighted by Crippen LogP contribution is -2.18. The van der Waals surface area contributed by atoms with E-state index >= 15 is 0 Å². The van der Waals surface area contributed by atoms with Gasteiger partial charge in [0, 0.05) is 6.54 Å². The van der Waals surface area contributed by atoms with Crippen LogP contribution in [0.5, 0.6) is 5.75 Å². The number of carbonyl (C=O) groups is 1. The summed E-state index contributed by atoms with van der Waals surface area (Å²) in [4.78, 5) is 10.5. The van der Waals surface area contributed by atoms with Crippen molar-refractivity contribution in [3.05, 3.63) is 18.2 Å². The van der Waals surface area contributed by atoms with Gasteiger partial charge in [-0.3, -0.25) is 4.79 Å². The van der Waals surface area contributed by atoms with Crippen LogP contribution in [0.25, 0.3) is 0 Å². The maximum absolute atomic E-state index is 11.9. The topological polar surface area (TPSA) is 92.7 Å². The van der Waals surface area contributed by atoms with Gasteiger partial charge in [0.2, 0.25) is 0 Å². The third-order valence-electron chi connectivity index (χ3n) is 2.57. The first-order chi connectivity index (χ1) is 8.49. The molecule has 0 aliphatic carbocycles. The highest BCUT2D eigenvalue weighted by atomic mass is 32.2. The third-order valence-corrected chi connectivity index (χ3v) is 4.28. The van der Waals surface area contributed by atoms with Crippen molar-refractivity contribution < 1.29 is 23.1 Å². The smallest absolute Gasteiger partial charge is 0.304 e. The molecule has 2 N–H and O–H groups in total. The molecule has 0 amide bonds. The molecule has 0 radical (unpaired) electrons. The number of anilines is 1. The minimum Gasteiger partial charge on any atom is -0.490 e. The van der Waals surface area contributed by atoms with Crippen LogP contribution in [0.2, 0.25) is 0 Å². The minimum absolute atomic E-state index is 0.112. The summed E-state index contributed by atoms with van der Waals surface area (Å²) < 4.78 is 29.1. The van der Waals surface area contributed by atoms with Crippen LogP contribution in [0.4, 0.5) is 5.69 Å². The van der Waals surface area contributed by atoms with Crippen LogP contribution in [0.1, 0.15) is 6.42 Å². The fraction of sp³-hybridized carbons (Fsp3) is 0.364. The molecule has 0 spiro atoms. The average molecular weight is 271 g/mol. The molecule has 7 heteroatoms. The van der Waals surface area contributed by atoms with E-state index in [-0.39, 0.29) is 4.90 Å². The van der Waals surface area contributed by atoms with E-state index in [2.05, 4.69) is 5.32 Å².